The summed E-state index contributed by atoms with van der Waals surface area (Å²) >= 11 is 6.39. The number of halogens is 1. The summed E-state index contributed by atoms with van der Waals surface area (Å²) in [6.07, 6.45) is 0.628. The average molecular weight is 526 g/mol. The molecule has 0 saturated carbocycles. The molecule has 4 rings (SSSR count). The van der Waals surface area contributed by atoms with E-state index in [9.17, 15) is 18.0 Å². The van der Waals surface area contributed by atoms with Gasteiger partial charge >= 0.3 is 11.6 Å². The Morgan fingerprint density at radius 1 is 1.06 bits per heavy atom. The Balaban J connectivity index is 1.67. The Labute approximate surface area is 213 Å². The molecule has 0 saturated heterocycles. The Bertz CT molecular complexity index is 1560. The number of benzene rings is 3. The summed E-state index contributed by atoms with van der Waals surface area (Å²) in [5, 5.41) is 0.752. The van der Waals surface area contributed by atoms with Crippen LogP contribution in [0.25, 0.3) is 11.0 Å². The van der Waals surface area contributed by atoms with Crippen LogP contribution in [0.5, 0.6) is 5.75 Å². The zero-order valence-corrected chi connectivity index (χ0v) is 21.2. The first kappa shape index (κ1) is 25.6. The summed E-state index contributed by atoms with van der Waals surface area (Å²) in [7, 11) is -4.04. The molecular formula is C27H24ClNO6S. The summed E-state index contributed by atoms with van der Waals surface area (Å²) in [5.74, 6) is -0.900. The van der Waals surface area contributed by atoms with Crippen LogP contribution in [0.1, 0.15) is 23.6 Å². The number of sulfonamides is 1. The molecule has 0 amide bonds. The van der Waals surface area contributed by atoms with E-state index >= 15 is 0 Å². The van der Waals surface area contributed by atoms with Gasteiger partial charge in [-0.2, -0.15) is 4.72 Å². The maximum atomic E-state index is 13.3. The van der Waals surface area contributed by atoms with E-state index in [0.29, 0.717) is 11.8 Å². The van der Waals surface area contributed by atoms with Crippen molar-refractivity contribution in [3.8, 4) is 5.75 Å². The van der Waals surface area contributed by atoms with E-state index < -0.39 is 27.7 Å². The Morgan fingerprint density at radius 3 is 2.42 bits per heavy atom. The zero-order valence-electron chi connectivity index (χ0n) is 19.7. The smallest absolute Gasteiger partial charge is 0.336 e. The van der Waals surface area contributed by atoms with Gasteiger partial charge in [-0.1, -0.05) is 66.6 Å². The van der Waals surface area contributed by atoms with Gasteiger partial charge in [0.1, 0.15) is 11.6 Å². The van der Waals surface area contributed by atoms with E-state index in [1.807, 2.05) is 19.9 Å². The first-order valence-electron chi connectivity index (χ1n) is 11.3. The minimum absolute atomic E-state index is 0.0246. The molecule has 0 aliphatic rings. The van der Waals surface area contributed by atoms with E-state index in [2.05, 4.69) is 4.72 Å². The molecule has 1 N–H and O–H groups in total. The van der Waals surface area contributed by atoms with Gasteiger partial charge in [0.25, 0.3) is 0 Å². The Kier molecular flexibility index (Phi) is 7.59. The molecule has 0 spiro atoms. The van der Waals surface area contributed by atoms with E-state index in [1.54, 1.807) is 42.5 Å². The van der Waals surface area contributed by atoms with Crippen molar-refractivity contribution < 1.29 is 22.4 Å². The minimum atomic E-state index is -4.04. The number of fused-ring (bicyclic) bond motifs is 1. The SMILES string of the molecule is CCc1cc(=O)oc2cc(OC(=O)[C@H](Cc3ccccc3)NS(=O)(=O)c3ccc(C)cc3)c(Cl)cc12. The van der Waals surface area contributed by atoms with Crippen molar-refractivity contribution in [2.75, 3.05) is 0 Å². The van der Waals surface area contributed by atoms with Crippen LogP contribution in [-0.4, -0.2) is 20.4 Å². The van der Waals surface area contributed by atoms with Crippen LogP contribution < -0.4 is 15.1 Å². The third-order valence-electron chi connectivity index (χ3n) is 5.67. The lowest BCUT2D eigenvalue weighted by Gasteiger charge is -2.18. The molecule has 1 aromatic heterocycles. The molecule has 9 heteroatoms. The number of esters is 1. The quantitative estimate of drug-likeness (QED) is 0.201. The normalized spacial score (nSPS) is 12.4. The fourth-order valence-corrected chi connectivity index (χ4v) is 5.16. The highest BCUT2D eigenvalue weighted by Crippen LogP contribution is 2.32. The number of carbonyl (C=O) groups is 1. The van der Waals surface area contributed by atoms with Crippen LogP contribution in [0, 0.1) is 6.92 Å². The summed E-state index contributed by atoms with van der Waals surface area (Å²) in [5.41, 5.74) is 2.05. The summed E-state index contributed by atoms with van der Waals surface area (Å²) in [6, 6.07) is 18.3. The molecule has 4 aromatic rings. The second-order valence-electron chi connectivity index (χ2n) is 8.32. The molecule has 0 aliphatic heterocycles. The summed E-state index contributed by atoms with van der Waals surface area (Å²) < 4.78 is 39.4. The van der Waals surface area contributed by atoms with Crippen LogP contribution in [0.4, 0.5) is 0 Å². The first-order chi connectivity index (χ1) is 17.2. The van der Waals surface area contributed by atoms with Crippen LogP contribution in [0.15, 0.2) is 86.9 Å². The van der Waals surface area contributed by atoms with Gasteiger partial charge in [0.05, 0.1) is 9.92 Å². The largest absolute Gasteiger partial charge is 0.424 e. The van der Waals surface area contributed by atoms with Crippen molar-refractivity contribution in [1.82, 2.24) is 4.72 Å². The molecule has 0 unspecified atom stereocenters. The number of aryl methyl sites for hydroxylation is 2. The van der Waals surface area contributed by atoms with E-state index in [-0.39, 0.29) is 27.7 Å². The number of carbonyl (C=O) groups excluding carboxylic acids is 1. The van der Waals surface area contributed by atoms with Gasteiger partial charge < -0.3 is 9.15 Å². The van der Waals surface area contributed by atoms with E-state index in [4.69, 9.17) is 20.8 Å². The van der Waals surface area contributed by atoms with Gasteiger partial charge in [-0.25, -0.2) is 18.0 Å². The second-order valence-corrected chi connectivity index (χ2v) is 10.4. The molecule has 1 heterocycles. The molecule has 1 atom stereocenters. The monoisotopic (exact) mass is 525 g/mol. The minimum Gasteiger partial charge on any atom is -0.424 e. The Morgan fingerprint density at radius 2 is 1.75 bits per heavy atom. The van der Waals surface area contributed by atoms with Crippen LogP contribution >= 0.6 is 11.6 Å². The summed E-state index contributed by atoms with van der Waals surface area (Å²) in [6.45, 7) is 3.74. The van der Waals surface area contributed by atoms with Crippen molar-refractivity contribution in [3.63, 3.8) is 0 Å². The molecular weight excluding hydrogens is 502 g/mol. The van der Waals surface area contributed by atoms with Crippen molar-refractivity contribution in [2.24, 2.45) is 0 Å². The molecule has 7 nitrogen and oxygen atoms in total. The third-order valence-corrected chi connectivity index (χ3v) is 7.45. The molecule has 0 radical (unpaired) electrons. The van der Waals surface area contributed by atoms with E-state index in [1.165, 1.54) is 24.3 Å². The molecule has 0 aliphatic carbocycles. The molecule has 3 aromatic carbocycles. The lowest BCUT2D eigenvalue weighted by molar-refractivity contribution is -0.136. The van der Waals surface area contributed by atoms with Crippen LogP contribution in [0.2, 0.25) is 5.02 Å². The van der Waals surface area contributed by atoms with Gasteiger partial charge in [0, 0.05) is 17.5 Å². The van der Waals surface area contributed by atoms with Gasteiger partial charge in [-0.05, 0) is 49.1 Å². The molecule has 0 fully saturated rings. The average Bonchev–Trinajstić information content (AvgIpc) is 2.84. The van der Waals surface area contributed by atoms with Gasteiger partial charge in [-0.15, -0.1) is 0 Å². The highest BCUT2D eigenvalue weighted by Gasteiger charge is 2.28. The lowest BCUT2D eigenvalue weighted by atomic mass is 10.1. The predicted octanol–water partition coefficient (Wildman–Crippen LogP) is 4.81. The zero-order chi connectivity index (χ0) is 25.9. The third kappa shape index (κ3) is 5.84. The standard InChI is InChI=1S/C27H24ClNO6S/c1-3-19-14-26(30)34-24-16-25(22(28)15-21(19)24)35-27(31)23(13-18-7-5-4-6-8-18)29-36(32,33)20-11-9-17(2)10-12-20/h4-12,14-16,23,29H,3,13H2,1-2H3/t23-/m0/s1. The molecule has 36 heavy (non-hydrogen) atoms. The van der Waals surface area contributed by atoms with Gasteiger partial charge in [0.15, 0.2) is 5.75 Å². The Hall–Kier alpha value is -3.46. The van der Waals surface area contributed by atoms with Gasteiger partial charge in [0.2, 0.25) is 10.0 Å². The fraction of sp³-hybridized carbons (Fsp3) is 0.185. The maximum Gasteiger partial charge on any atom is 0.336 e. The number of nitrogens with one attached hydrogen (secondary N) is 1. The molecule has 0 bridgehead atoms. The first-order valence-corrected chi connectivity index (χ1v) is 13.1. The van der Waals surface area contributed by atoms with Crippen molar-refractivity contribution >= 4 is 38.6 Å². The van der Waals surface area contributed by atoms with Crippen molar-refractivity contribution in [2.45, 2.75) is 37.6 Å². The van der Waals surface area contributed by atoms with Gasteiger partial charge in [-0.3, -0.25) is 0 Å². The highest BCUT2D eigenvalue weighted by molar-refractivity contribution is 7.89. The number of hydrogen-bond donors (Lipinski definition) is 1. The van der Waals surface area contributed by atoms with Crippen LogP contribution in [-0.2, 0) is 27.7 Å². The predicted molar refractivity (Wildman–Crippen MR) is 138 cm³/mol. The fourth-order valence-electron chi connectivity index (χ4n) is 3.77. The topological polar surface area (TPSA) is 103 Å². The molecule has 186 valence electrons. The lowest BCUT2D eigenvalue weighted by Crippen LogP contribution is -2.44. The summed E-state index contributed by atoms with van der Waals surface area (Å²) in [4.78, 5) is 25.2. The highest BCUT2D eigenvalue weighted by atomic mass is 35.5. The number of ether oxygens (including phenoxy) is 1. The maximum absolute atomic E-state index is 13.3. The van der Waals surface area contributed by atoms with Crippen molar-refractivity contribution in [1.29, 1.82) is 0 Å². The second kappa shape index (κ2) is 10.7. The van der Waals surface area contributed by atoms with E-state index in [0.717, 1.165) is 16.7 Å². The van der Waals surface area contributed by atoms with Crippen LogP contribution in [0.3, 0.4) is 0 Å². The number of rotatable bonds is 8. The van der Waals surface area contributed by atoms with Crippen molar-refractivity contribution in [3.05, 3.63) is 105 Å². The number of hydrogen-bond acceptors (Lipinski definition) is 6.